The zero-order valence-electron chi connectivity index (χ0n) is 58.7. The average molecular weight is 1370 g/mol. The van der Waals surface area contributed by atoms with E-state index in [2.05, 4.69) is 31.9 Å². The number of primary amides is 1. The quantitative estimate of drug-likeness (QED) is 0.0262. The second-order valence-electron chi connectivity index (χ2n) is 26.5. The number of unbranched alkanes of at least 4 members (excludes halogenated alkanes) is 2. The summed E-state index contributed by atoms with van der Waals surface area (Å²) < 4.78 is 61.0. The van der Waals surface area contributed by atoms with Gasteiger partial charge in [0.05, 0.1) is 54.8 Å². The molecule has 0 spiro atoms. The van der Waals surface area contributed by atoms with Gasteiger partial charge in [-0.05, 0) is 92.4 Å². The number of alkyl halides is 3. The van der Waals surface area contributed by atoms with Crippen LogP contribution in [0.4, 0.5) is 28.4 Å². The number of nitrogens with zero attached hydrogens (tertiary/aromatic N) is 4. The van der Waals surface area contributed by atoms with E-state index in [0.717, 1.165) is 22.0 Å². The van der Waals surface area contributed by atoms with Gasteiger partial charge in [0.15, 0.2) is 0 Å². The van der Waals surface area contributed by atoms with Crippen molar-refractivity contribution in [1.29, 1.82) is 0 Å². The molecule has 25 nitrogen and oxygen atoms in total. The molecule has 28 heteroatoms. The fraction of sp³-hybridized carbons (Fsp3) is 0.652. The second kappa shape index (κ2) is 39.0. The van der Waals surface area contributed by atoms with Crippen LogP contribution < -0.4 is 37.6 Å². The highest BCUT2D eigenvalue weighted by Gasteiger charge is 2.45. The summed E-state index contributed by atoms with van der Waals surface area (Å²) in [6.45, 7) is 17.7. The lowest BCUT2D eigenvalue weighted by Crippen LogP contribution is -2.60. The number of carbonyl (C=O) groups is 10. The lowest BCUT2D eigenvalue weighted by Gasteiger charge is -2.41. The van der Waals surface area contributed by atoms with Crippen LogP contribution >= 0.6 is 0 Å². The van der Waals surface area contributed by atoms with E-state index in [1.54, 1.807) is 91.6 Å². The molecule has 0 aliphatic carbocycles. The molecule has 1 saturated heterocycles. The lowest BCUT2D eigenvalue weighted by atomic mass is 9.89. The third-order valence-corrected chi connectivity index (χ3v) is 18.3. The number of hydrogen-bond acceptors (Lipinski definition) is 15. The van der Waals surface area contributed by atoms with E-state index in [0.29, 0.717) is 36.9 Å². The monoisotopic (exact) mass is 1370 g/mol. The van der Waals surface area contributed by atoms with E-state index in [1.807, 2.05) is 32.0 Å². The van der Waals surface area contributed by atoms with Crippen LogP contribution in [0.25, 0.3) is 0 Å². The second-order valence-corrected chi connectivity index (χ2v) is 26.5. The van der Waals surface area contributed by atoms with Crippen molar-refractivity contribution in [2.45, 2.75) is 213 Å². The number of ether oxygens (including phenoxy) is 3. The fourth-order valence-electron chi connectivity index (χ4n) is 12.5. The molecule has 4 rings (SSSR count). The molecule has 2 aliphatic heterocycles. The highest BCUT2D eigenvalue weighted by atomic mass is 19.4. The van der Waals surface area contributed by atoms with Crippen molar-refractivity contribution in [1.82, 2.24) is 46.2 Å². The number of nitrogens with one attached hydrogen (secondary N) is 6. The zero-order valence-corrected chi connectivity index (χ0v) is 58.7. The summed E-state index contributed by atoms with van der Waals surface area (Å²) in [5, 5.41) is 27.0. The van der Waals surface area contributed by atoms with Gasteiger partial charge in [0, 0.05) is 65.8 Å². The number of urea groups is 1. The third kappa shape index (κ3) is 24.1. The number of aliphatic hydroxyl groups is 1. The van der Waals surface area contributed by atoms with Crippen molar-refractivity contribution in [3.05, 3.63) is 77.9 Å². The molecule has 13 atom stereocenters. The molecule has 542 valence electrons. The van der Waals surface area contributed by atoms with E-state index in [4.69, 9.17) is 19.9 Å². The third-order valence-electron chi connectivity index (χ3n) is 18.3. The van der Waals surface area contributed by atoms with Gasteiger partial charge in [-0.25, -0.2) is 9.59 Å². The summed E-state index contributed by atoms with van der Waals surface area (Å²) in [5.41, 5.74) is 6.58. The Balaban J connectivity index is 1.40. The predicted octanol–water partition coefficient (Wildman–Crippen LogP) is 6.48. The molecule has 11 amide bonds. The van der Waals surface area contributed by atoms with Gasteiger partial charge in [-0.2, -0.15) is 13.2 Å². The highest BCUT2D eigenvalue weighted by Crippen LogP contribution is 2.31. The zero-order chi connectivity index (χ0) is 72.6. The van der Waals surface area contributed by atoms with Gasteiger partial charge in [0.25, 0.3) is 11.8 Å². The Labute approximate surface area is 569 Å². The number of imide groups is 1. The topological polar surface area (TPSA) is 330 Å². The molecular weight excluding hydrogens is 1260 g/mol. The molecule has 0 bridgehead atoms. The number of methoxy groups -OCH3 is 2. The maximum Gasteiger partial charge on any atom is 0.410 e. The average Bonchev–Trinajstić information content (AvgIpc) is 1.80. The van der Waals surface area contributed by atoms with Crippen LogP contribution in [-0.2, 0) is 59.2 Å². The van der Waals surface area contributed by atoms with E-state index in [-0.39, 0.29) is 81.6 Å². The van der Waals surface area contributed by atoms with Crippen molar-refractivity contribution < 1.29 is 80.4 Å². The first-order valence-electron chi connectivity index (χ1n) is 33.6. The minimum Gasteiger partial charge on any atom is -0.445 e. The minimum atomic E-state index is -4.76. The number of hydrogen-bond donors (Lipinski definition) is 8. The molecule has 1 unspecified atom stereocenters. The summed E-state index contributed by atoms with van der Waals surface area (Å²) in [5.74, 6) is -6.75. The Morgan fingerprint density at radius 2 is 1.36 bits per heavy atom. The number of rotatable bonds is 39. The maximum atomic E-state index is 14.8. The number of benzene rings is 2. The number of likely N-dealkylation sites (tertiary alicyclic amines) is 1. The number of nitrogens with two attached hydrogens (primary N) is 1. The SMILES string of the molecule is CC[C@H](C)[C@@H]([C@@H](CC(=O)N1CCC[C@H]1[C@H](OC)[C@@H](C)C(=O)N[C@H](C)[C@@H](O)c1ccccc1)OC)N(C)C(=O)[C@@H](NC(=O)[C@H](C(C)C)N(C)C(=O)OCc1ccc(NC(=O)[C@H](CCCNC(N)=O)NC(=O)[C@@H](NC(CCCCCN2C(=O)C=CC2=O)C(F)(F)F)C(C)C)cc1)C(C)C. The van der Waals surface area contributed by atoms with Crippen LogP contribution in [0.1, 0.15) is 151 Å². The van der Waals surface area contributed by atoms with Gasteiger partial charge in [-0.1, -0.05) is 124 Å². The van der Waals surface area contributed by atoms with Crippen LogP contribution in [0.3, 0.4) is 0 Å². The van der Waals surface area contributed by atoms with E-state index in [9.17, 15) is 66.2 Å². The molecule has 0 radical (unpaired) electrons. The molecular formula is C69H106F3N11O14. The molecule has 2 heterocycles. The van der Waals surface area contributed by atoms with Crippen LogP contribution in [0.2, 0.25) is 0 Å². The van der Waals surface area contributed by atoms with Crippen molar-refractivity contribution in [3.8, 4) is 0 Å². The largest absolute Gasteiger partial charge is 0.445 e. The Bertz CT molecular complexity index is 2940. The minimum absolute atomic E-state index is 0.0178. The molecule has 1 fully saturated rings. The van der Waals surface area contributed by atoms with Crippen molar-refractivity contribution in [2.24, 2.45) is 35.3 Å². The van der Waals surface area contributed by atoms with Crippen LogP contribution in [0.15, 0.2) is 66.7 Å². The van der Waals surface area contributed by atoms with Crippen LogP contribution in [-0.4, -0.2) is 199 Å². The first kappa shape index (κ1) is 81.7. The molecule has 2 aromatic rings. The van der Waals surface area contributed by atoms with Crippen LogP contribution in [0.5, 0.6) is 0 Å². The van der Waals surface area contributed by atoms with E-state index >= 15 is 0 Å². The van der Waals surface area contributed by atoms with E-state index < -0.39 is 150 Å². The van der Waals surface area contributed by atoms with Gasteiger partial charge in [-0.15, -0.1) is 0 Å². The summed E-state index contributed by atoms with van der Waals surface area (Å²) >= 11 is 0. The first-order valence-corrected chi connectivity index (χ1v) is 33.6. The Morgan fingerprint density at radius 3 is 1.92 bits per heavy atom. The molecule has 0 aromatic heterocycles. The molecule has 0 saturated carbocycles. The molecule has 9 N–H and O–H groups in total. The number of carbonyl (C=O) groups excluding carboxylic acids is 10. The summed E-state index contributed by atoms with van der Waals surface area (Å²) in [6, 6.07) is 5.54. The smallest absolute Gasteiger partial charge is 0.410 e. The van der Waals surface area contributed by atoms with E-state index in [1.165, 1.54) is 38.3 Å². The lowest BCUT2D eigenvalue weighted by molar-refractivity contribution is -0.161. The number of amides is 11. The number of likely N-dealkylation sites (N-methyl/N-ethyl adjacent to an activating group) is 2. The van der Waals surface area contributed by atoms with Gasteiger partial charge < -0.3 is 61.4 Å². The number of aliphatic hydroxyl groups excluding tert-OH is 1. The maximum absolute atomic E-state index is 14.8. The highest BCUT2D eigenvalue weighted by molar-refractivity contribution is 6.12. The number of halogens is 3. The summed E-state index contributed by atoms with van der Waals surface area (Å²) in [7, 11) is 6.00. The van der Waals surface area contributed by atoms with Gasteiger partial charge in [0.1, 0.15) is 30.8 Å². The van der Waals surface area contributed by atoms with Crippen LogP contribution in [0, 0.1) is 29.6 Å². The summed E-state index contributed by atoms with van der Waals surface area (Å²) in [4.78, 5) is 139. The van der Waals surface area contributed by atoms with Crippen molar-refractivity contribution in [2.75, 3.05) is 53.3 Å². The Kier molecular flexibility index (Phi) is 32.9. The normalized spacial score (nSPS) is 17.8. The Morgan fingerprint density at radius 1 is 0.732 bits per heavy atom. The van der Waals surface area contributed by atoms with Gasteiger partial charge >= 0.3 is 18.3 Å². The van der Waals surface area contributed by atoms with Gasteiger partial charge in [-0.3, -0.25) is 53.5 Å². The first-order chi connectivity index (χ1) is 45.7. The molecule has 97 heavy (non-hydrogen) atoms. The number of anilines is 1. The summed E-state index contributed by atoms with van der Waals surface area (Å²) in [6.07, 6.45) is -3.80. The standard InChI is InChI=1S/C69H106F3N11O14/c1-15-43(8)59(51(95-13)38-55(86)82-37-23-27-50(82)61(96-14)44(9)62(88)75-45(10)60(87)47-24-18-16-19-25-47)80(11)66(92)57(41(4)5)79-65(91)58(42(6)7)81(12)68(94)97-39-46-29-31-48(32-30-46)76-63(89)49(26-22-35-74-67(73)93)77-64(90)56(40(2)3)78-52(69(70,71)72)28-20-17-21-36-83-53(84)33-34-54(83)85/h16,18-19,24-25,29-34,40-45,49-52,56-61,78,87H,15,17,20-23,26-28,35-39H2,1-14H3,(H,75,88)(H,76,89)(H,77,90)(H,79,91)(H3,73,74,93)/t43-,44+,45+,49-,50-,51+,52?,56-,57-,58-,59-,60+,61+/m0/s1. The van der Waals surface area contributed by atoms with Crippen molar-refractivity contribution in [3.63, 3.8) is 0 Å². The van der Waals surface area contributed by atoms with Gasteiger partial charge in [0.2, 0.25) is 35.4 Å². The fourth-order valence-corrected chi connectivity index (χ4v) is 12.5. The Hall–Kier alpha value is -7.69. The molecule has 2 aromatic carbocycles. The predicted molar refractivity (Wildman–Crippen MR) is 358 cm³/mol. The van der Waals surface area contributed by atoms with Crippen molar-refractivity contribution >= 4 is 65.1 Å². The molecule has 2 aliphatic rings.